The van der Waals surface area contributed by atoms with Crippen molar-refractivity contribution in [1.29, 1.82) is 0 Å². The Kier molecular flexibility index (Phi) is 24.7. The maximum absolute atomic E-state index is 5.09. The Morgan fingerprint density at radius 3 is 0.934 bits per heavy atom. The summed E-state index contributed by atoms with van der Waals surface area (Å²) >= 11 is 0. The molecule has 0 amide bonds. The van der Waals surface area contributed by atoms with Crippen LogP contribution < -0.4 is 18.6 Å². The molecule has 21 rings (SSSR count). The topological polar surface area (TPSA) is 84.5 Å². The minimum atomic E-state index is -0.209. The van der Waals surface area contributed by atoms with E-state index < -0.39 is 0 Å². The standard InChI is InChI=1S/C38H42N3.2C32H38N3.C23H27N3/c1-23(2)31-21-28(27-13-11-10-12-14-27)22-32(24(3)4)35(31)41-20-19-40(9)37(41)33-25(5)15-17-29-30-18-16-26(6)39-36(30)38(7,8)34(29)33;2*1-19(2)23-11-10-12-24(20(3)4)29(23)35-18-17-34(9)31(35)27-21(5)13-15-25-26-16-14-22(6)33-30(26)32(7,8)28(25)27;1-15-7-9-18-19-10-8-16(2)24-22(19)23(11-5-6-12-23)20(18)21(15)26-14-13-25(4)17(26)3/h10-24H,1-9H3;2*10-20H,1-9H3;7-10,13-14,17H,5-6,11-12H2,1-4H3/q3*+1;/t;;;17-/m...0/s1. The van der Waals surface area contributed by atoms with Gasteiger partial charge in [0.15, 0.2) is 0 Å². The van der Waals surface area contributed by atoms with E-state index in [1.54, 1.807) is 0 Å². The molecule has 12 nitrogen and oxygen atoms in total. The minimum absolute atomic E-state index is 0.104. The lowest BCUT2D eigenvalue weighted by atomic mass is 9.77. The van der Waals surface area contributed by atoms with Gasteiger partial charge in [-0.15, -0.1) is 0 Å². The lowest BCUT2D eigenvalue weighted by Crippen LogP contribution is -2.36. The van der Waals surface area contributed by atoms with E-state index in [0.29, 0.717) is 41.7 Å². The molecule has 8 heterocycles. The Morgan fingerprint density at radius 2 is 0.613 bits per heavy atom. The molecular formula is C125H145N12+3. The molecule has 1 spiro atoms. The zero-order valence-corrected chi connectivity index (χ0v) is 87.6. The van der Waals surface area contributed by atoms with Crippen LogP contribution in [0.25, 0.3) is 107 Å². The van der Waals surface area contributed by atoms with Crippen molar-refractivity contribution in [1.82, 2.24) is 38.5 Å². The summed E-state index contributed by atoms with van der Waals surface area (Å²) in [4.78, 5) is 25.0. The van der Waals surface area contributed by atoms with Crippen molar-refractivity contribution in [2.24, 2.45) is 21.1 Å². The van der Waals surface area contributed by atoms with E-state index in [0.717, 1.165) is 22.8 Å². The summed E-state index contributed by atoms with van der Waals surface area (Å²) in [6, 6.07) is 65.3. The molecular weight excluding hydrogens is 1670 g/mol. The van der Waals surface area contributed by atoms with Crippen LogP contribution in [0.2, 0.25) is 0 Å². The Labute approximate surface area is 817 Å². The second kappa shape index (κ2) is 35.7. The molecule has 12 heteroatoms. The number of aromatic nitrogens is 10. The fourth-order valence-corrected chi connectivity index (χ4v) is 24.1. The average Bonchev–Trinajstić information content (AvgIpc) is 1.53. The van der Waals surface area contributed by atoms with E-state index in [9.17, 15) is 0 Å². The third kappa shape index (κ3) is 15.7. The van der Waals surface area contributed by atoms with Crippen LogP contribution in [0.1, 0.15) is 316 Å². The summed E-state index contributed by atoms with van der Waals surface area (Å²) < 4.78 is 14.3. The molecule has 1 aliphatic heterocycles. The lowest BCUT2D eigenvalue weighted by molar-refractivity contribution is -0.659. The zero-order chi connectivity index (χ0) is 97.7. The molecule has 0 saturated heterocycles. The predicted octanol–water partition coefficient (Wildman–Crippen LogP) is 29.4. The number of nitrogens with zero attached hydrogens (tertiary/aromatic N) is 12. The average molecular weight is 1820 g/mol. The molecule has 0 bridgehead atoms. The van der Waals surface area contributed by atoms with Crippen LogP contribution in [-0.4, -0.2) is 51.8 Å². The van der Waals surface area contributed by atoms with E-state index in [1.165, 1.54) is 239 Å². The third-order valence-corrected chi connectivity index (χ3v) is 31.3. The van der Waals surface area contributed by atoms with Crippen LogP contribution >= 0.6 is 0 Å². The molecule has 0 unspecified atom stereocenters. The normalized spacial score (nSPS) is 15.5. The van der Waals surface area contributed by atoms with Gasteiger partial charge in [0.05, 0.1) is 66.3 Å². The summed E-state index contributed by atoms with van der Waals surface area (Å²) in [5.41, 5.74) is 50.4. The van der Waals surface area contributed by atoms with E-state index in [4.69, 9.17) is 19.9 Å². The first-order chi connectivity index (χ1) is 65.1. The number of fused-ring (bicyclic) bond motifs is 14. The number of hydrogen-bond donors (Lipinski definition) is 0. The second-order valence-corrected chi connectivity index (χ2v) is 43.9. The molecule has 8 aromatic carbocycles. The first-order valence-corrected chi connectivity index (χ1v) is 50.5. The predicted molar refractivity (Wildman–Crippen MR) is 569 cm³/mol. The molecule has 6 aliphatic rings. The van der Waals surface area contributed by atoms with E-state index >= 15 is 0 Å². The van der Waals surface area contributed by atoms with Gasteiger partial charge in [-0.1, -0.05) is 277 Å². The number of rotatable bonds is 14. The highest BCUT2D eigenvalue weighted by Gasteiger charge is 2.51. The molecule has 15 aromatic rings. The number of hydrogen-bond acceptors (Lipinski definition) is 6. The lowest BCUT2D eigenvalue weighted by Gasteiger charge is -2.35. The number of anilines is 1. The molecule has 0 radical (unpaired) electrons. The molecule has 137 heavy (non-hydrogen) atoms. The Balaban J connectivity index is 0.000000123. The Morgan fingerprint density at radius 1 is 0.314 bits per heavy atom. The molecule has 1 fully saturated rings. The highest BCUT2D eigenvalue weighted by atomic mass is 15.4. The van der Waals surface area contributed by atoms with E-state index in [-0.39, 0.29) is 21.7 Å². The van der Waals surface area contributed by atoms with Crippen LogP contribution in [-0.2, 0) is 42.8 Å². The molecule has 5 aliphatic carbocycles. The van der Waals surface area contributed by atoms with Crippen molar-refractivity contribution < 1.29 is 13.7 Å². The number of aryl methyl sites for hydroxylation is 11. The molecule has 0 N–H and O–H groups in total. The smallest absolute Gasteiger partial charge is 0.294 e. The second-order valence-electron chi connectivity index (χ2n) is 43.9. The quantitative estimate of drug-likeness (QED) is 0.101. The van der Waals surface area contributed by atoms with Crippen molar-refractivity contribution in [3.8, 4) is 107 Å². The van der Waals surface area contributed by atoms with Crippen molar-refractivity contribution in [3.63, 3.8) is 0 Å². The van der Waals surface area contributed by atoms with Gasteiger partial charge in [-0.2, -0.15) is 13.7 Å². The maximum atomic E-state index is 5.09. The van der Waals surface area contributed by atoms with Crippen LogP contribution in [0.4, 0.5) is 5.69 Å². The Bertz CT molecular complexity index is 7010. The van der Waals surface area contributed by atoms with Gasteiger partial charge in [-0.05, 0) is 225 Å². The van der Waals surface area contributed by atoms with Crippen molar-refractivity contribution >= 4 is 5.69 Å². The van der Waals surface area contributed by atoms with Gasteiger partial charge < -0.3 is 9.80 Å². The van der Waals surface area contributed by atoms with Crippen LogP contribution in [0.5, 0.6) is 0 Å². The fraction of sp³-hybridized carbons (Fsp3) is 0.368. The maximum Gasteiger partial charge on any atom is 0.294 e. The van der Waals surface area contributed by atoms with E-state index in [2.05, 4.69) is 478 Å². The van der Waals surface area contributed by atoms with Crippen molar-refractivity contribution in [2.45, 2.75) is 276 Å². The first kappa shape index (κ1) is 94.7. The number of pyridine rings is 4. The van der Waals surface area contributed by atoms with Gasteiger partial charge >= 0.3 is 0 Å². The summed E-state index contributed by atoms with van der Waals surface area (Å²) in [5.74, 6) is 6.12. The summed E-state index contributed by atoms with van der Waals surface area (Å²) in [5, 5.41) is 0. The molecule has 7 aromatic heterocycles. The number of para-hydroxylation sites is 2. The molecule has 702 valence electrons. The van der Waals surface area contributed by atoms with Crippen LogP contribution in [0, 0.1) is 55.4 Å². The highest BCUT2D eigenvalue weighted by Crippen LogP contribution is 2.62. The Hall–Kier alpha value is -12.7. The highest BCUT2D eigenvalue weighted by molar-refractivity contribution is 5.92. The van der Waals surface area contributed by atoms with Crippen molar-refractivity contribution in [3.05, 3.63) is 349 Å². The summed E-state index contributed by atoms with van der Waals surface area (Å²) in [6.45, 7) is 61.4. The van der Waals surface area contributed by atoms with Crippen molar-refractivity contribution in [2.75, 3.05) is 11.9 Å². The fourth-order valence-electron chi connectivity index (χ4n) is 24.1. The van der Waals surface area contributed by atoms with Crippen LogP contribution in [0.3, 0.4) is 0 Å². The summed E-state index contributed by atoms with van der Waals surface area (Å²) in [6.07, 6.45) is 23.2. The van der Waals surface area contributed by atoms with Gasteiger partial charge in [0.2, 0.25) is 0 Å². The van der Waals surface area contributed by atoms with Gasteiger partial charge in [0.1, 0.15) is 60.4 Å². The minimum Gasteiger partial charge on any atom is -0.359 e. The van der Waals surface area contributed by atoms with E-state index in [1.807, 2.05) is 0 Å². The van der Waals surface area contributed by atoms with Gasteiger partial charge in [-0.25, -0.2) is 13.7 Å². The zero-order valence-electron chi connectivity index (χ0n) is 87.6. The number of imidazole rings is 3. The summed E-state index contributed by atoms with van der Waals surface area (Å²) in [7, 11) is 8.69. The SMILES string of the molecule is Cc1ccc2c(n1)C(C)(C)c1c-2ccc(C)c1-c1n(-c2c(C(C)C)cc(-c3ccccc3)cc2C(C)C)cc[n+]1C.Cc1ccc2c(n1)C(C)(C)c1c-2ccc(C)c1-c1n(-c2c(C(C)C)cccc2C(C)C)cc[n+]1C.Cc1ccc2c(n1)C(C)(C)c1c-2ccc(C)c1-c1n(-c2c(C(C)C)cccc2C(C)C)cc[n+]1C.Cc1ccc2c(n1)C1(CCCC1)c1c-2ccc(C)c1N1C=CN(C)[C@@H]1C. The molecule has 1 saturated carbocycles. The van der Waals surface area contributed by atoms with Gasteiger partial charge in [0.25, 0.3) is 17.5 Å². The molecule has 1 atom stereocenters. The monoisotopic (exact) mass is 1810 g/mol. The largest absolute Gasteiger partial charge is 0.359 e. The third-order valence-electron chi connectivity index (χ3n) is 31.3. The van der Waals surface area contributed by atoms with Gasteiger partial charge in [-0.3, -0.25) is 19.9 Å². The first-order valence-electron chi connectivity index (χ1n) is 50.5. The van der Waals surface area contributed by atoms with Gasteiger partial charge in [0, 0.05) is 120 Å². The van der Waals surface area contributed by atoms with Crippen LogP contribution in [0.15, 0.2) is 226 Å². The number of benzene rings is 8.